The highest BCUT2D eigenvalue weighted by Crippen LogP contribution is 2.26. The monoisotopic (exact) mass is 283 g/mol. The second-order valence-corrected chi connectivity index (χ2v) is 5.09. The molecular weight excluding hydrogens is 258 g/mol. The number of aliphatic hydroxyl groups excluding tert-OH is 3. The zero-order valence-corrected chi connectivity index (χ0v) is 12.4. The van der Waals surface area contributed by atoms with Crippen molar-refractivity contribution in [2.24, 2.45) is 0 Å². The van der Waals surface area contributed by atoms with Crippen LogP contribution in [-0.4, -0.2) is 47.7 Å². The Balaban J connectivity index is 2.81. The van der Waals surface area contributed by atoms with E-state index in [4.69, 9.17) is 4.74 Å². The smallest absolute Gasteiger partial charge is 0.124 e. The normalized spacial score (nSPS) is 13.3. The molecule has 0 spiro atoms. The number of benzene rings is 1. The second-order valence-electron chi connectivity index (χ2n) is 5.09. The standard InChI is InChI=1S/C15H25NO4/c1-4-15(9-17,10-18)16-8-13(19)12-7-11(2)5-6-14(12)20-3/h5-7,13,16-19H,4,8-10H2,1-3H3. The Morgan fingerprint density at radius 1 is 1.30 bits per heavy atom. The molecule has 0 radical (unpaired) electrons. The van der Waals surface area contributed by atoms with Gasteiger partial charge < -0.3 is 25.4 Å². The zero-order chi connectivity index (χ0) is 15.2. The van der Waals surface area contributed by atoms with Gasteiger partial charge in [-0.3, -0.25) is 0 Å². The number of nitrogens with one attached hydrogen (secondary N) is 1. The Morgan fingerprint density at radius 3 is 2.45 bits per heavy atom. The zero-order valence-electron chi connectivity index (χ0n) is 12.4. The first-order valence-electron chi connectivity index (χ1n) is 6.81. The molecule has 1 aromatic rings. The van der Waals surface area contributed by atoms with Crippen LogP contribution < -0.4 is 10.1 Å². The minimum absolute atomic E-state index is 0.183. The highest BCUT2D eigenvalue weighted by molar-refractivity contribution is 5.38. The molecule has 5 nitrogen and oxygen atoms in total. The minimum Gasteiger partial charge on any atom is -0.496 e. The van der Waals surface area contributed by atoms with Crippen LogP contribution in [0.2, 0.25) is 0 Å². The third kappa shape index (κ3) is 3.93. The van der Waals surface area contributed by atoms with Gasteiger partial charge in [0.25, 0.3) is 0 Å². The van der Waals surface area contributed by atoms with Crippen LogP contribution in [0, 0.1) is 6.92 Å². The molecule has 0 aliphatic heterocycles. The Morgan fingerprint density at radius 2 is 1.95 bits per heavy atom. The number of methoxy groups -OCH3 is 1. The molecule has 1 unspecified atom stereocenters. The van der Waals surface area contributed by atoms with E-state index in [0.29, 0.717) is 17.7 Å². The predicted molar refractivity (Wildman–Crippen MR) is 77.9 cm³/mol. The highest BCUT2D eigenvalue weighted by Gasteiger charge is 2.27. The Kier molecular flexibility index (Phi) is 6.42. The van der Waals surface area contributed by atoms with Crippen LogP contribution in [0.5, 0.6) is 5.75 Å². The van der Waals surface area contributed by atoms with Crippen LogP contribution in [0.4, 0.5) is 0 Å². The molecule has 0 amide bonds. The molecule has 1 aromatic carbocycles. The van der Waals surface area contributed by atoms with Gasteiger partial charge >= 0.3 is 0 Å². The van der Waals surface area contributed by atoms with Crippen molar-refractivity contribution in [1.82, 2.24) is 5.32 Å². The van der Waals surface area contributed by atoms with Crippen molar-refractivity contribution in [3.05, 3.63) is 29.3 Å². The average Bonchev–Trinajstić information content (AvgIpc) is 2.49. The lowest BCUT2D eigenvalue weighted by atomic mass is 9.97. The number of aryl methyl sites for hydroxylation is 1. The summed E-state index contributed by atoms with van der Waals surface area (Å²) in [4.78, 5) is 0. The fourth-order valence-corrected chi connectivity index (χ4v) is 2.05. The van der Waals surface area contributed by atoms with E-state index in [1.165, 1.54) is 0 Å². The highest BCUT2D eigenvalue weighted by atomic mass is 16.5. The summed E-state index contributed by atoms with van der Waals surface area (Å²) >= 11 is 0. The van der Waals surface area contributed by atoms with E-state index in [2.05, 4.69) is 5.32 Å². The maximum atomic E-state index is 10.3. The number of rotatable bonds is 8. The van der Waals surface area contributed by atoms with Crippen LogP contribution in [0.1, 0.15) is 30.6 Å². The van der Waals surface area contributed by atoms with Crippen molar-refractivity contribution >= 4 is 0 Å². The van der Waals surface area contributed by atoms with E-state index in [1.54, 1.807) is 7.11 Å². The maximum absolute atomic E-state index is 10.3. The van der Waals surface area contributed by atoms with Gasteiger partial charge in [0, 0.05) is 12.1 Å². The Hall–Kier alpha value is -1.14. The summed E-state index contributed by atoms with van der Waals surface area (Å²) in [5.41, 5.74) is 0.963. The van der Waals surface area contributed by atoms with E-state index in [0.717, 1.165) is 5.56 Å². The van der Waals surface area contributed by atoms with Crippen LogP contribution in [0.3, 0.4) is 0 Å². The van der Waals surface area contributed by atoms with Crippen molar-refractivity contribution in [2.75, 3.05) is 26.9 Å². The maximum Gasteiger partial charge on any atom is 0.124 e. The van der Waals surface area contributed by atoms with Crippen molar-refractivity contribution < 1.29 is 20.1 Å². The number of aliphatic hydroxyl groups is 3. The SMILES string of the molecule is CCC(CO)(CO)NCC(O)c1cc(C)ccc1OC. The fraction of sp³-hybridized carbons (Fsp3) is 0.600. The first-order valence-corrected chi connectivity index (χ1v) is 6.81. The molecule has 1 atom stereocenters. The van der Waals surface area contributed by atoms with Crippen molar-refractivity contribution in [3.8, 4) is 5.75 Å². The summed E-state index contributed by atoms with van der Waals surface area (Å²) in [5.74, 6) is 0.625. The molecule has 114 valence electrons. The van der Waals surface area contributed by atoms with Gasteiger partial charge in [-0.25, -0.2) is 0 Å². The number of β-amino-alcohol motifs (C(OH)–C–C–N with tert-alkyl or cyclic N) is 1. The molecule has 0 saturated heterocycles. The predicted octanol–water partition coefficient (Wildman–Crippen LogP) is 0.760. The fourth-order valence-electron chi connectivity index (χ4n) is 2.05. The van der Waals surface area contributed by atoms with Gasteiger partial charge in [-0.2, -0.15) is 0 Å². The molecule has 20 heavy (non-hydrogen) atoms. The molecule has 0 bridgehead atoms. The quantitative estimate of drug-likeness (QED) is 0.566. The van der Waals surface area contributed by atoms with Gasteiger partial charge in [-0.1, -0.05) is 18.6 Å². The van der Waals surface area contributed by atoms with Gasteiger partial charge in [0.1, 0.15) is 5.75 Å². The van der Waals surface area contributed by atoms with E-state index in [1.807, 2.05) is 32.0 Å². The Labute approximate surface area is 120 Å². The first-order chi connectivity index (χ1) is 9.51. The molecular formula is C15H25NO4. The minimum atomic E-state index is -0.770. The number of hydrogen-bond acceptors (Lipinski definition) is 5. The summed E-state index contributed by atoms with van der Waals surface area (Å²) in [7, 11) is 1.56. The van der Waals surface area contributed by atoms with Gasteiger partial charge in [-0.15, -0.1) is 0 Å². The summed E-state index contributed by atoms with van der Waals surface area (Å²) < 4.78 is 5.25. The van der Waals surface area contributed by atoms with Gasteiger partial charge in [-0.05, 0) is 25.5 Å². The van der Waals surface area contributed by atoms with Crippen LogP contribution in [0.25, 0.3) is 0 Å². The van der Waals surface area contributed by atoms with Gasteiger partial charge in [0.05, 0.1) is 32.0 Å². The van der Waals surface area contributed by atoms with Crippen LogP contribution in [0.15, 0.2) is 18.2 Å². The molecule has 0 aliphatic rings. The molecule has 5 heteroatoms. The molecule has 0 saturated carbocycles. The molecule has 0 aromatic heterocycles. The van der Waals surface area contributed by atoms with E-state index >= 15 is 0 Å². The summed E-state index contributed by atoms with van der Waals surface area (Å²) in [6, 6.07) is 5.61. The second kappa shape index (κ2) is 7.59. The summed E-state index contributed by atoms with van der Waals surface area (Å²) in [6.45, 7) is 3.68. The van der Waals surface area contributed by atoms with Crippen LogP contribution >= 0.6 is 0 Å². The average molecular weight is 283 g/mol. The van der Waals surface area contributed by atoms with E-state index in [-0.39, 0.29) is 19.8 Å². The largest absolute Gasteiger partial charge is 0.496 e. The number of ether oxygens (including phenoxy) is 1. The number of hydrogen-bond donors (Lipinski definition) is 4. The van der Waals surface area contributed by atoms with Crippen LogP contribution in [-0.2, 0) is 0 Å². The molecule has 4 N–H and O–H groups in total. The third-order valence-electron chi connectivity index (χ3n) is 3.70. The lowest BCUT2D eigenvalue weighted by Crippen LogP contribution is -2.52. The molecule has 0 fully saturated rings. The van der Waals surface area contributed by atoms with Crippen molar-refractivity contribution in [2.45, 2.75) is 31.9 Å². The Bertz CT molecular complexity index is 410. The van der Waals surface area contributed by atoms with Crippen molar-refractivity contribution in [1.29, 1.82) is 0 Å². The molecule has 0 aliphatic carbocycles. The summed E-state index contributed by atoms with van der Waals surface area (Å²) in [5, 5.41) is 32.1. The lowest BCUT2D eigenvalue weighted by Gasteiger charge is -2.31. The van der Waals surface area contributed by atoms with Crippen molar-refractivity contribution in [3.63, 3.8) is 0 Å². The third-order valence-corrected chi connectivity index (χ3v) is 3.70. The molecule has 1 rings (SSSR count). The molecule has 0 heterocycles. The van der Waals surface area contributed by atoms with E-state index < -0.39 is 11.6 Å². The first kappa shape index (κ1) is 16.9. The van der Waals surface area contributed by atoms with E-state index in [9.17, 15) is 15.3 Å². The van der Waals surface area contributed by atoms with Gasteiger partial charge in [0.2, 0.25) is 0 Å². The topological polar surface area (TPSA) is 82.0 Å². The summed E-state index contributed by atoms with van der Waals surface area (Å²) in [6.07, 6.45) is -0.202. The van der Waals surface area contributed by atoms with Gasteiger partial charge in [0.15, 0.2) is 0 Å². The lowest BCUT2D eigenvalue weighted by molar-refractivity contribution is 0.0702.